The Bertz CT molecular complexity index is 1020. The molecule has 4 rings (SSSR count). The Hall–Kier alpha value is -2.86. The number of imidazole rings is 1. The summed E-state index contributed by atoms with van der Waals surface area (Å²) in [6.07, 6.45) is 0. The van der Waals surface area contributed by atoms with Crippen LogP contribution in [0.5, 0.6) is 0 Å². The van der Waals surface area contributed by atoms with Crippen LogP contribution in [-0.2, 0) is 0 Å². The van der Waals surface area contributed by atoms with E-state index in [1.54, 1.807) is 0 Å². The molecule has 4 aromatic rings. The molecule has 108 valence electrons. The third kappa shape index (κ3) is 1.85. The van der Waals surface area contributed by atoms with Gasteiger partial charge in [0.05, 0.1) is 21.4 Å². The number of anilines is 2. The second-order valence-electron chi connectivity index (χ2n) is 4.89. The van der Waals surface area contributed by atoms with Crippen molar-refractivity contribution in [2.24, 2.45) is 0 Å². The Labute approximate surface area is 130 Å². The molecular formula is C15H11ClN6. The predicted octanol–water partition coefficient (Wildman–Crippen LogP) is 2.99. The molecule has 0 aliphatic carbocycles. The lowest BCUT2D eigenvalue weighted by molar-refractivity contribution is 1.25. The van der Waals surface area contributed by atoms with E-state index in [1.165, 1.54) is 0 Å². The molecule has 0 unspecified atom stereocenters. The Morgan fingerprint density at radius 3 is 2.59 bits per heavy atom. The van der Waals surface area contributed by atoms with Crippen molar-refractivity contribution in [2.45, 2.75) is 0 Å². The first kappa shape index (κ1) is 12.8. The van der Waals surface area contributed by atoms with Gasteiger partial charge in [0, 0.05) is 5.56 Å². The van der Waals surface area contributed by atoms with Gasteiger partial charge in [0.25, 0.3) is 0 Å². The molecule has 0 saturated carbocycles. The minimum Gasteiger partial charge on any atom is -0.383 e. The lowest BCUT2D eigenvalue weighted by Crippen LogP contribution is -2.00. The molecule has 0 fully saturated rings. The van der Waals surface area contributed by atoms with Gasteiger partial charge in [-0.05, 0) is 24.3 Å². The topological polar surface area (TPSA) is 106 Å². The zero-order chi connectivity index (χ0) is 15.3. The molecular weight excluding hydrogens is 300 g/mol. The molecule has 0 spiro atoms. The summed E-state index contributed by atoms with van der Waals surface area (Å²) in [7, 11) is 0. The lowest BCUT2D eigenvalue weighted by atomic mass is 10.2. The molecule has 0 aliphatic rings. The number of nitrogens with zero attached hydrogens (tertiary/aromatic N) is 3. The van der Waals surface area contributed by atoms with Gasteiger partial charge in [-0.2, -0.15) is 4.98 Å². The molecule has 7 heteroatoms. The third-order valence-electron chi connectivity index (χ3n) is 3.49. The van der Waals surface area contributed by atoms with E-state index in [2.05, 4.69) is 19.9 Å². The minimum absolute atomic E-state index is 0.145. The average molecular weight is 311 g/mol. The van der Waals surface area contributed by atoms with E-state index in [0.717, 1.165) is 11.1 Å². The van der Waals surface area contributed by atoms with Crippen LogP contribution < -0.4 is 11.5 Å². The molecule has 0 bridgehead atoms. The summed E-state index contributed by atoms with van der Waals surface area (Å²) in [5.41, 5.74) is 14.6. The van der Waals surface area contributed by atoms with Gasteiger partial charge in [-0.3, -0.25) is 0 Å². The van der Waals surface area contributed by atoms with Crippen molar-refractivity contribution < 1.29 is 0 Å². The average Bonchev–Trinajstić information content (AvgIpc) is 2.90. The fourth-order valence-electron chi connectivity index (χ4n) is 2.52. The number of benzene rings is 2. The fourth-order valence-corrected chi connectivity index (χ4v) is 2.74. The molecule has 0 aliphatic heterocycles. The highest BCUT2D eigenvalue weighted by Gasteiger charge is 2.14. The van der Waals surface area contributed by atoms with Gasteiger partial charge in [0.15, 0.2) is 0 Å². The number of hydrogen-bond acceptors (Lipinski definition) is 5. The van der Waals surface area contributed by atoms with Crippen molar-refractivity contribution in [3.63, 3.8) is 0 Å². The van der Waals surface area contributed by atoms with Gasteiger partial charge < -0.3 is 16.5 Å². The van der Waals surface area contributed by atoms with E-state index < -0.39 is 0 Å². The van der Waals surface area contributed by atoms with E-state index in [4.69, 9.17) is 23.1 Å². The number of H-pyrrole nitrogens is 1. The SMILES string of the molecule is Nc1nc(N)c2c(ccc3[nH]c(-c4ccccc4Cl)nc32)n1. The molecule has 6 nitrogen and oxygen atoms in total. The van der Waals surface area contributed by atoms with E-state index in [0.29, 0.717) is 33.1 Å². The number of hydrogen-bond donors (Lipinski definition) is 3. The molecule has 2 aromatic heterocycles. The van der Waals surface area contributed by atoms with Crippen LogP contribution in [-0.4, -0.2) is 19.9 Å². The second-order valence-corrected chi connectivity index (χ2v) is 5.30. The monoisotopic (exact) mass is 310 g/mol. The van der Waals surface area contributed by atoms with Crippen molar-refractivity contribution in [3.8, 4) is 11.4 Å². The van der Waals surface area contributed by atoms with E-state index in [9.17, 15) is 0 Å². The number of halogens is 1. The largest absolute Gasteiger partial charge is 0.383 e. The normalized spacial score (nSPS) is 11.3. The number of nitrogens with one attached hydrogen (secondary N) is 1. The number of fused-ring (bicyclic) bond motifs is 3. The summed E-state index contributed by atoms with van der Waals surface area (Å²) in [6.45, 7) is 0. The van der Waals surface area contributed by atoms with Crippen LogP contribution in [0.4, 0.5) is 11.8 Å². The molecule has 5 N–H and O–H groups in total. The van der Waals surface area contributed by atoms with Crippen molar-refractivity contribution in [1.29, 1.82) is 0 Å². The van der Waals surface area contributed by atoms with Gasteiger partial charge in [-0.25, -0.2) is 9.97 Å². The third-order valence-corrected chi connectivity index (χ3v) is 3.82. The Morgan fingerprint density at radius 1 is 0.955 bits per heavy atom. The number of rotatable bonds is 1. The summed E-state index contributed by atoms with van der Waals surface area (Å²) in [4.78, 5) is 16.1. The highest BCUT2D eigenvalue weighted by atomic mass is 35.5. The quantitative estimate of drug-likeness (QED) is 0.501. The summed E-state index contributed by atoms with van der Waals surface area (Å²) in [5.74, 6) is 1.13. The van der Waals surface area contributed by atoms with Gasteiger partial charge in [-0.1, -0.05) is 23.7 Å². The summed E-state index contributed by atoms with van der Waals surface area (Å²) in [5, 5.41) is 1.31. The van der Waals surface area contributed by atoms with Crippen molar-refractivity contribution in [3.05, 3.63) is 41.4 Å². The smallest absolute Gasteiger partial charge is 0.222 e. The highest BCUT2D eigenvalue weighted by Crippen LogP contribution is 2.31. The summed E-state index contributed by atoms with van der Waals surface area (Å²) >= 11 is 6.23. The van der Waals surface area contributed by atoms with Crippen LogP contribution in [0.1, 0.15) is 0 Å². The van der Waals surface area contributed by atoms with E-state index in [1.807, 2.05) is 36.4 Å². The van der Waals surface area contributed by atoms with E-state index in [-0.39, 0.29) is 5.95 Å². The lowest BCUT2D eigenvalue weighted by Gasteiger charge is -2.02. The first-order chi connectivity index (χ1) is 10.6. The molecule has 0 amide bonds. The maximum atomic E-state index is 6.23. The predicted molar refractivity (Wildman–Crippen MR) is 88.5 cm³/mol. The van der Waals surface area contributed by atoms with Crippen LogP contribution >= 0.6 is 11.6 Å². The minimum atomic E-state index is 0.145. The van der Waals surface area contributed by atoms with Crippen molar-refractivity contribution in [1.82, 2.24) is 19.9 Å². The first-order valence-electron chi connectivity index (χ1n) is 6.60. The van der Waals surface area contributed by atoms with Gasteiger partial charge in [0.1, 0.15) is 17.2 Å². The van der Waals surface area contributed by atoms with Crippen LogP contribution in [0, 0.1) is 0 Å². The second kappa shape index (κ2) is 4.57. The fraction of sp³-hybridized carbons (Fsp3) is 0. The molecule has 2 heterocycles. The molecule has 0 radical (unpaired) electrons. The summed E-state index contributed by atoms with van der Waals surface area (Å²) < 4.78 is 0. The van der Waals surface area contributed by atoms with Crippen molar-refractivity contribution in [2.75, 3.05) is 11.5 Å². The van der Waals surface area contributed by atoms with E-state index >= 15 is 0 Å². The number of aromatic nitrogens is 4. The summed E-state index contributed by atoms with van der Waals surface area (Å²) in [6, 6.07) is 11.2. The van der Waals surface area contributed by atoms with Gasteiger partial charge >= 0.3 is 0 Å². The van der Waals surface area contributed by atoms with Crippen LogP contribution in [0.3, 0.4) is 0 Å². The molecule has 22 heavy (non-hydrogen) atoms. The van der Waals surface area contributed by atoms with Crippen LogP contribution in [0.15, 0.2) is 36.4 Å². The zero-order valence-electron chi connectivity index (χ0n) is 11.3. The molecule has 0 atom stereocenters. The van der Waals surface area contributed by atoms with Crippen molar-refractivity contribution >= 4 is 45.3 Å². The number of nitrogen functional groups attached to an aromatic ring is 2. The Balaban J connectivity index is 2.06. The van der Waals surface area contributed by atoms with Gasteiger partial charge in [0.2, 0.25) is 5.95 Å². The zero-order valence-corrected chi connectivity index (χ0v) is 12.1. The molecule has 0 saturated heterocycles. The Morgan fingerprint density at radius 2 is 1.77 bits per heavy atom. The van der Waals surface area contributed by atoms with Gasteiger partial charge in [-0.15, -0.1) is 0 Å². The maximum Gasteiger partial charge on any atom is 0.222 e. The maximum absolute atomic E-state index is 6.23. The number of aromatic amines is 1. The first-order valence-corrected chi connectivity index (χ1v) is 6.97. The standard InChI is InChI=1S/C15H11ClN6/c16-8-4-2-1-3-7(8)14-19-10-6-5-9-11(12(10)21-14)13(17)22-15(18)20-9/h1-6H,(H,19,21)(H4,17,18,20,22). The Kier molecular flexibility index (Phi) is 2.67. The van der Waals surface area contributed by atoms with Crippen LogP contribution in [0.25, 0.3) is 33.3 Å². The molecule has 2 aromatic carbocycles. The number of nitrogens with two attached hydrogens (primary N) is 2. The highest BCUT2D eigenvalue weighted by molar-refractivity contribution is 6.33. The van der Waals surface area contributed by atoms with Crippen LogP contribution in [0.2, 0.25) is 5.02 Å².